The first-order chi connectivity index (χ1) is 7.50. The van der Waals surface area contributed by atoms with Crippen LogP contribution in [0, 0.1) is 0 Å². The summed E-state index contributed by atoms with van der Waals surface area (Å²) in [5, 5.41) is 18.1. The number of nitrogens with zero attached hydrogens (tertiary/aromatic N) is 4. The second kappa shape index (κ2) is 5.35. The van der Waals surface area contributed by atoms with Gasteiger partial charge in [-0.05, 0) is 19.1 Å². The monoisotopic (exact) mass is 245 g/mol. The lowest BCUT2D eigenvalue weighted by molar-refractivity contribution is -0.137. The molecule has 1 rings (SSSR count). The predicted molar refractivity (Wildman–Crippen MR) is 56.2 cm³/mol. The SMILES string of the molecule is CC(C)N(CC(=O)O)C(=O)Nc1nnns1. The molecule has 0 radical (unpaired) electrons. The Balaban J connectivity index is 2.64. The summed E-state index contributed by atoms with van der Waals surface area (Å²) in [6.45, 7) is 3.08. The maximum absolute atomic E-state index is 11.7. The zero-order valence-corrected chi connectivity index (χ0v) is 9.56. The minimum Gasteiger partial charge on any atom is -0.480 e. The number of hydrogen-bond donors (Lipinski definition) is 2. The van der Waals surface area contributed by atoms with Gasteiger partial charge in [0.25, 0.3) is 0 Å². The fourth-order valence-corrected chi connectivity index (χ4v) is 1.34. The van der Waals surface area contributed by atoms with Crippen LogP contribution in [-0.2, 0) is 4.79 Å². The van der Waals surface area contributed by atoms with Crippen LogP contribution in [0.1, 0.15) is 13.8 Å². The normalized spacial score (nSPS) is 10.2. The predicted octanol–water partition coefficient (Wildman–Crippen LogP) is 0.260. The number of rotatable bonds is 4. The standard InChI is InChI=1S/C7H11N5O3S/c1-4(2)12(3-5(13)14)7(15)8-6-9-10-11-16-6/h4H,3H2,1-2H3,(H,13,14)(H,8,9,11,15). The third kappa shape index (κ3) is 3.42. The molecule has 1 aromatic heterocycles. The summed E-state index contributed by atoms with van der Waals surface area (Å²) in [5.74, 6) is -1.07. The maximum atomic E-state index is 11.7. The van der Waals surface area contributed by atoms with Crippen molar-refractivity contribution >= 4 is 28.7 Å². The van der Waals surface area contributed by atoms with Crippen molar-refractivity contribution in [3.8, 4) is 0 Å². The molecule has 0 aliphatic carbocycles. The highest BCUT2D eigenvalue weighted by Gasteiger charge is 2.20. The molecule has 9 heteroatoms. The Morgan fingerprint density at radius 3 is 2.69 bits per heavy atom. The minimum absolute atomic E-state index is 0.225. The van der Waals surface area contributed by atoms with Gasteiger partial charge in [0.2, 0.25) is 5.13 Å². The Kier molecular flexibility index (Phi) is 4.11. The van der Waals surface area contributed by atoms with Crippen molar-refractivity contribution in [3.05, 3.63) is 0 Å². The van der Waals surface area contributed by atoms with Crippen LogP contribution in [0.25, 0.3) is 0 Å². The Hall–Kier alpha value is -1.77. The number of urea groups is 1. The first-order valence-corrected chi connectivity index (χ1v) is 5.22. The molecule has 0 bridgehead atoms. The van der Waals surface area contributed by atoms with Crippen LogP contribution in [0.4, 0.5) is 9.93 Å². The van der Waals surface area contributed by atoms with Crippen molar-refractivity contribution in [2.45, 2.75) is 19.9 Å². The third-order valence-electron chi connectivity index (χ3n) is 1.70. The minimum atomic E-state index is -1.07. The molecule has 2 N–H and O–H groups in total. The second-order valence-electron chi connectivity index (χ2n) is 3.21. The van der Waals surface area contributed by atoms with Crippen LogP contribution >= 0.6 is 11.5 Å². The summed E-state index contributed by atoms with van der Waals surface area (Å²) < 4.78 is 3.47. The van der Waals surface area contributed by atoms with Crippen molar-refractivity contribution in [2.75, 3.05) is 11.9 Å². The number of carboxylic acids is 1. The van der Waals surface area contributed by atoms with E-state index < -0.39 is 12.0 Å². The molecule has 1 aromatic rings. The fourth-order valence-electron chi connectivity index (χ4n) is 0.980. The average Bonchev–Trinajstić information content (AvgIpc) is 2.65. The van der Waals surface area contributed by atoms with Crippen molar-refractivity contribution in [1.29, 1.82) is 0 Å². The van der Waals surface area contributed by atoms with Gasteiger partial charge in [0.1, 0.15) is 6.54 Å². The van der Waals surface area contributed by atoms with Crippen molar-refractivity contribution < 1.29 is 14.7 Å². The summed E-state index contributed by atoms with van der Waals surface area (Å²) >= 11 is 0.921. The van der Waals surface area contributed by atoms with E-state index in [1.807, 2.05) is 0 Å². The molecule has 8 nitrogen and oxygen atoms in total. The molecule has 0 aliphatic heterocycles. The summed E-state index contributed by atoms with van der Waals surface area (Å²) in [5.41, 5.74) is 0. The van der Waals surface area contributed by atoms with Crippen molar-refractivity contribution in [1.82, 2.24) is 19.7 Å². The molecule has 0 aliphatic rings. The molecule has 0 unspecified atom stereocenters. The van der Waals surface area contributed by atoms with Gasteiger partial charge in [-0.15, -0.1) is 0 Å². The molecule has 1 heterocycles. The average molecular weight is 245 g/mol. The van der Waals surface area contributed by atoms with E-state index in [4.69, 9.17) is 5.11 Å². The summed E-state index contributed by atoms with van der Waals surface area (Å²) in [4.78, 5) is 23.4. The number of carbonyl (C=O) groups excluding carboxylic acids is 1. The molecule has 2 amide bonds. The highest BCUT2D eigenvalue weighted by atomic mass is 32.1. The number of carbonyl (C=O) groups is 2. The van der Waals surface area contributed by atoms with Gasteiger partial charge < -0.3 is 10.0 Å². The Morgan fingerprint density at radius 1 is 1.56 bits per heavy atom. The van der Waals surface area contributed by atoms with E-state index in [9.17, 15) is 9.59 Å². The van der Waals surface area contributed by atoms with Gasteiger partial charge >= 0.3 is 12.0 Å². The number of hydrogen-bond acceptors (Lipinski definition) is 6. The zero-order chi connectivity index (χ0) is 12.1. The molecular formula is C7H11N5O3S. The number of aliphatic carboxylic acids is 1. The van der Waals surface area contributed by atoms with Gasteiger partial charge in [0.05, 0.1) is 0 Å². The van der Waals surface area contributed by atoms with Gasteiger partial charge in [0, 0.05) is 17.6 Å². The quantitative estimate of drug-likeness (QED) is 0.787. The van der Waals surface area contributed by atoms with E-state index in [1.165, 1.54) is 4.90 Å². The van der Waals surface area contributed by atoms with Crippen LogP contribution in [0.15, 0.2) is 0 Å². The lowest BCUT2D eigenvalue weighted by Crippen LogP contribution is -2.43. The molecule has 0 saturated carbocycles. The maximum Gasteiger partial charge on any atom is 0.324 e. The topological polar surface area (TPSA) is 108 Å². The lowest BCUT2D eigenvalue weighted by Gasteiger charge is -2.24. The highest BCUT2D eigenvalue weighted by Crippen LogP contribution is 2.08. The number of carboxylic acid groups (broad SMARTS) is 1. The Labute approximate surface area is 95.4 Å². The van der Waals surface area contributed by atoms with Crippen molar-refractivity contribution in [3.63, 3.8) is 0 Å². The third-order valence-corrected chi connectivity index (χ3v) is 2.21. The van der Waals surface area contributed by atoms with E-state index in [0.717, 1.165) is 11.5 Å². The van der Waals surface area contributed by atoms with Crippen molar-refractivity contribution in [2.24, 2.45) is 0 Å². The Morgan fingerprint density at radius 2 is 2.25 bits per heavy atom. The van der Waals surface area contributed by atoms with E-state index in [1.54, 1.807) is 13.8 Å². The van der Waals surface area contributed by atoms with E-state index in [2.05, 4.69) is 20.1 Å². The molecule has 88 valence electrons. The first-order valence-electron chi connectivity index (χ1n) is 4.45. The number of nitrogens with one attached hydrogen (secondary N) is 1. The zero-order valence-electron chi connectivity index (χ0n) is 8.75. The van der Waals surface area contributed by atoms with Crippen LogP contribution in [0.3, 0.4) is 0 Å². The largest absolute Gasteiger partial charge is 0.480 e. The summed E-state index contributed by atoms with van der Waals surface area (Å²) in [6.07, 6.45) is 0. The van der Waals surface area contributed by atoms with E-state index in [0.29, 0.717) is 0 Å². The number of aromatic nitrogens is 3. The molecular weight excluding hydrogens is 234 g/mol. The molecule has 0 spiro atoms. The molecule has 16 heavy (non-hydrogen) atoms. The number of amides is 2. The van der Waals surface area contributed by atoms with Crippen LogP contribution < -0.4 is 5.32 Å². The number of anilines is 1. The van der Waals surface area contributed by atoms with Crippen LogP contribution in [0.5, 0.6) is 0 Å². The molecule has 0 saturated heterocycles. The molecule has 0 aromatic carbocycles. The lowest BCUT2D eigenvalue weighted by atomic mass is 10.3. The molecule has 0 fully saturated rings. The smallest absolute Gasteiger partial charge is 0.324 e. The Bertz CT molecular complexity index is 366. The van der Waals surface area contributed by atoms with Crippen LogP contribution in [-0.4, -0.2) is 49.4 Å². The summed E-state index contributed by atoms with van der Waals surface area (Å²) in [7, 11) is 0. The van der Waals surface area contributed by atoms with Gasteiger partial charge in [-0.3, -0.25) is 10.1 Å². The summed E-state index contributed by atoms with van der Waals surface area (Å²) in [6, 6.07) is -0.757. The van der Waals surface area contributed by atoms with Gasteiger partial charge in [-0.1, -0.05) is 9.59 Å². The molecule has 0 atom stereocenters. The first kappa shape index (κ1) is 12.3. The fraction of sp³-hybridized carbons (Fsp3) is 0.571. The van der Waals surface area contributed by atoms with Gasteiger partial charge in [-0.25, -0.2) is 4.79 Å². The van der Waals surface area contributed by atoms with E-state index >= 15 is 0 Å². The highest BCUT2D eigenvalue weighted by molar-refractivity contribution is 7.09. The van der Waals surface area contributed by atoms with Gasteiger partial charge in [0.15, 0.2) is 0 Å². The van der Waals surface area contributed by atoms with E-state index in [-0.39, 0.29) is 17.7 Å². The second-order valence-corrected chi connectivity index (χ2v) is 3.95. The van der Waals surface area contributed by atoms with Crippen LogP contribution in [0.2, 0.25) is 0 Å². The van der Waals surface area contributed by atoms with Gasteiger partial charge in [-0.2, -0.15) is 0 Å².